The first-order chi connectivity index (χ1) is 8.91. The van der Waals surface area contributed by atoms with Crippen molar-refractivity contribution in [2.45, 2.75) is 96.8 Å². The van der Waals surface area contributed by atoms with Crippen LogP contribution in [-0.4, -0.2) is 0 Å². The third-order valence-corrected chi connectivity index (χ3v) is 3.57. The summed E-state index contributed by atoms with van der Waals surface area (Å²) in [6.07, 6.45) is 26.6. The molecule has 0 nitrogen and oxygen atoms in total. The van der Waals surface area contributed by atoms with Crippen LogP contribution in [0.4, 0.5) is 0 Å². The minimum atomic E-state index is 1.11. The Morgan fingerprint density at radius 2 is 1.06 bits per heavy atom. The van der Waals surface area contributed by atoms with Gasteiger partial charge in [-0.2, -0.15) is 0 Å². The van der Waals surface area contributed by atoms with Gasteiger partial charge in [-0.25, -0.2) is 0 Å². The molecule has 0 aromatic rings. The molecule has 18 heavy (non-hydrogen) atoms. The molecule has 0 heteroatoms. The van der Waals surface area contributed by atoms with Crippen LogP contribution in [-0.2, 0) is 0 Å². The average Bonchev–Trinajstić information content (AvgIpc) is 2.39. The van der Waals surface area contributed by atoms with E-state index in [-0.39, 0.29) is 0 Å². The Morgan fingerprint density at radius 3 is 1.44 bits per heavy atom. The quantitative estimate of drug-likeness (QED) is 0.250. The molecule has 0 aliphatic rings. The molecule has 0 bridgehead atoms. The Morgan fingerprint density at radius 1 is 0.667 bits per heavy atom. The van der Waals surface area contributed by atoms with Crippen LogP contribution in [0.3, 0.4) is 0 Å². The van der Waals surface area contributed by atoms with Crippen LogP contribution in [0, 0.1) is 18.8 Å². The number of rotatable bonds is 14. The predicted molar refractivity (Wildman–Crippen MR) is 83.4 cm³/mol. The second kappa shape index (κ2) is 16.6. The predicted octanol–water partition coefficient (Wildman–Crippen LogP) is 6.31. The topological polar surface area (TPSA) is 0 Å². The lowest BCUT2D eigenvalue weighted by Gasteiger charge is -2.02. The van der Waals surface area contributed by atoms with Crippen molar-refractivity contribution in [1.82, 2.24) is 0 Å². The van der Waals surface area contributed by atoms with Gasteiger partial charge in [-0.15, -0.1) is 12.3 Å². The van der Waals surface area contributed by atoms with Crippen LogP contribution in [0.1, 0.15) is 96.8 Å². The van der Waals surface area contributed by atoms with Gasteiger partial charge in [0, 0.05) is 6.42 Å². The van der Waals surface area contributed by atoms with Gasteiger partial charge < -0.3 is 0 Å². The van der Waals surface area contributed by atoms with Crippen LogP contribution >= 0.6 is 0 Å². The Kier molecular flexibility index (Phi) is 16.2. The molecule has 0 saturated heterocycles. The fourth-order valence-electron chi connectivity index (χ4n) is 2.35. The van der Waals surface area contributed by atoms with E-state index in [0.29, 0.717) is 0 Å². The van der Waals surface area contributed by atoms with E-state index >= 15 is 0 Å². The maximum absolute atomic E-state index is 5.17. The standard InChI is InChI=1S/C18H33/c1-3-5-7-9-11-13-15-17-18-16-14-12-10-8-6-4-2/h1,5H,4,6-18H2,2H3. The summed E-state index contributed by atoms with van der Waals surface area (Å²) in [4.78, 5) is 0. The van der Waals surface area contributed by atoms with Gasteiger partial charge in [0.1, 0.15) is 0 Å². The molecule has 0 atom stereocenters. The molecule has 105 valence electrons. The van der Waals surface area contributed by atoms with E-state index in [9.17, 15) is 0 Å². The minimum Gasteiger partial charge on any atom is -0.120 e. The summed E-state index contributed by atoms with van der Waals surface area (Å²) in [5, 5.41) is 0. The normalized spacial score (nSPS) is 10.4. The largest absolute Gasteiger partial charge is 0.120 e. The van der Waals surface area contributed by atoms with Crippen molar-refractivity contribution >= 4 is 0 Å². The lowest BCUT2D eigenvalue weighted by molar-refractivity contribution is 0.539. The van der Waals surface area contributed by atoms with Crippen molar-refractivity contribution in [3.63, 3.8) is 0 Å². The third kappa shape index (κ3) is 15.6. The number of hydrogen-bond acceptors (Lipinski definition) is 0. The third-order valence-electron chi connectivity index (χ3n) is 3.57. The monoisotopic (exact) mass is 249 g/mol. The molecular weight excluding hydrogens is 216 g/mol. The summed E-state index contributed by atoms with van der Waals surface area (Å²) in [5.41, 5.74) is 0. The van der Waals surface area contributed by atoms with Crippen molar-refractivity contribution in [1.29, 1.82) is 0 Å². The van der Waals surface area contributed by atoms with Crippen molar-refractivity contribution < 1.29 is 0 Å². The molecule has 0 unspecified atom stereocenters. The summed E-state index contributed by atoms with van der Waals surface area (Å²) in [5.74, 6) is 2.59. The molecule has 0 saturated carbocycles. The molecule has 0 aromatic carbocycles. The van der Waals surface area contributed by atoms with Crippen LogP contribution in [0.25, 0.3) is 0 Å². The van der Waals surface area contributed by atoms with Gasteiger partial charge in [-0.3, -0.25) is 0 Å². The van der Waals surface area contributed by atoms with Crippen LogP contribution in [0.2, 0.25) is 0 Å². The molecule has 0 spiro atoms. The molecule has 0 heterocycles. The van der Waals surface area contributed by atoms with Gasteiger partial charge >= 0.3 is 0 Å². The van der Waals surface area contributed by atoms with E-state index in [0.717, 1.165) is 6.42 Å². The highest BCUT2D eigenvalue weighted by Crippen LogP contribution is 2.12. The fourth-order valence-corrected chi connectivity index (χ4v) is 2.35. The van der Waals surface area contributed by atoms with E-state index in [2.05, 4.69) is 12.8 Å². The highest BCUT2D eigenvalue weighted by atomic mass is 14.0. The first kappa shape index (κ1) is 17.6. The van der Waals surface area contributed by atoms with Gasteiger partial charge in [0.25, 0.3) is 0 Å². The van der Waals surface area contributed by atoms with Gasteiger partial charge in [0.2, 0.25) is 0 Å². The summed E-state index contributed by atoms with van der Waals surface area (Å²) in [6.45, 7) is 2.28. The second-order valence-corrected chi connectivity index (χ2v) is 5.40. The molecule has 0 N–H and O–H groups in total. The van der Waals surface area contributed by atoms with Crippen LogP contribution in [0.5, 0.6) is 0 Å². The summed E-state index contributed by atoms with van der Waals surface area (Å²) >= 11 is 0. The van der Waals surface area contributed by atoms with Crippen molar-refractivity contribution in [2.75, 3.05) is 0 Å². The summed E-state index contributed by atoms with van der Waals surface area (Å²) < 4.78 is 0. The van der Waals surface area contributed by atoms with E-state index in [1.807, 2.05) is 6.42 Å². The van der Waals surface area contributed by atoms with Gasteiger partial charge in [0.05, 0.1) is 0 Å². The first-order valence-corrected chi connectivity index (χ1v) is 8.19. The van der Waals surface area contributed by atoms with Crippen molar-refractivity contribution in [3.05, 3.63) is 6.42 Å². The Hall–Kier alpha value is -0.440. The lowest BCUT2D eigenvalue weighted by Crippen LogP contribution is -1.83. The number of terminal acetylenes is 1. The zero-order valence-corrected chi connectivity index (χ0v) is 12.6. The van der Waals surface area contributed by atoms with Crippen molar-refractivity contribution in [2.24, 2.45) is 0 Å². The smallest absolute Gasteiger partial charge is 0.0337 e. The van der Waals surface area contributed by atoms with Crippen LogP contribution < -0.4 is 0 Å². The SMILES string of the molecule is C#C[CH]CCCCCCCCCCCCCCC. The molecule has 0 aliphatic heterocycles. The van der Waals surface area contributed by atoms with E-state index in [1.165, 1.54) is 83.5 Å². The molecule has 0 rings (SSSR count). The van der Waals surface area contributed by atoms with E-state index < -0.39 is 0 Å². The molecule has 0 fully saturated rings. The van der Waals surface area contributed by atoms with Crippen LogP contribution in [0.15, 0.2) is 0 Å². The first-order valence-electron chi connectivity index (χ1n) is 8.19. The highest BCUT2D eigenvalue weighted by Gasteiger charge is 1.93. The molecule has 0 aliphatic carbocycles. The van der Waals surface area contributed by atoms with E-state index in [4.69, 9.17) is 6.42 Å². The van der Waals surface area contributed by atoms with Gasteiger partial charge in [-0.1, -0.05) is 90.4 Å². The number of hydrogen-bond donors (Lipinski definition) is 0. The van der Waals surface area contributed by atoms with Gasteiger partial charge in [0.15, 0.2) is 0 Å². The minimum absolute atomic E-state index is 1.11. The van der Waals surface area contributed by atoms with Gasteiger partial charge in [-0.05, 0) is 6.42 Å². The second-order valence-electron chi connectivity index (χ2n) is 5.40. The fraction of sp³-hybridized carbons (Fsp3) is 0.833. The number of unbranched alkanes of at least 4 members (excludes halogenated alkanes) is 14. The molecule has 0 amide bonds. The molecule has 0 aromatic heterocycles. The Bertz CT molecular complexity index is 175. The molecule has 1 radical (unpaired) electrons. The summed E-state index contributed by atoms with van der Waals surface area (Å²) in [7, 11) is 0. The lowest BCUT2D eigenvalue weighted by atomic mass is 10.0. The Labute approximate surface area is 116 Å². The van der Waals surface area contributed by atoms with E-state index in [1.54, 1.807) is 0 Å². The summed E-state index contributed by atoms with van der Waals surface area (Å²) in [6, 6.07) is 0. The molecular formula is C18H33. The zero-order chi connectivity index (χ0) is 13.3. The zero-order valence-electron chi connectivity index (χ0n) is 12.6. The maximum Gasteiger partial charge on any atom is 0.0337 e. The van der Waals surface area contributed by atoms with Crippen molar-refractivity contribution in [3.8, 4) is 12.3 Å². The average molecular weight is 249 g/mol. The highest BCUT2D eigenvalue weighted by molar-refractivity contribution is 4.99. The Balaban J connectivity index is 2.89. The maximum atomic E-state index is 5.17.